The van der Waals surface area contributed by atoms with Crippen molar-refractivity contribution in [3.05, 3.63) is 272 Å². The topological polar surface area (TPSA) is 4.93 Å². The van der Waals surface area contributed by atoms with Crippen LogP contribution in [0.1, 0.15) is 52.7 Å². The molecule has 0 saturated carbocycles. The zero-order valence-electron chi connectivity index (χ0n) is 45.8. The van der Waals surface area contributed by atoms with Crippen molar-refractivity contribution >= 4 is 64.9 Å². The van der Waals surface area contributed by atoms with E-state index in [2.05, 4.69) is 307 Å². The molecule has 79 heavy (non-hydrogen) atoms. The Morgan fingerprint density at radius 2 is 0.582 bits per heavy atom. The molecule has 0 radical (unpaired) electrons. The van der Waals surface area contributed by atoms with Gasteiger partial charge in [0.1, 0.15) is 0 Å². The van der Waals surface area contributed by atoms with Crippen LogP contribution in [0.5, 0.6) is 0 Å². The Bertz CT molecular complexity index is 4410. The van der Waals surface area contributed by atoms with Crippen LogP contribution in [0, 0.1) is 0 Å². The van der Waals surface area contributed by atoms with E-state index in [1.807, 2.05) is 0 Å². The molecular weight excluding hydrogens is 951 g/mol. The fourth-order valence-corrected chi connectivity index (χ4v) is 12.5. The molecule has 1 heteroatoms. The molecule has 0 atom stereocenters. The molecule has 0 aliphatic carbocycles. The Hall–Kier alpha value is -9.30. The number of rotatable bonds is 7. The number of fused-ring (bicyclic) bond motifs is 7. The summed E-state index contributed by atoms with van der Waals surface area (Å²) in [4.78, 5) is 0. The number of nitrogens with zero attached hydrogens (tertiary/aromatic N) is 1. The van der Waals surface area contributed by atoms with Gasteiger partial charge in [-0.1, -0.05) is 248 Å². The standard InChI is InChI=1S/C78H61N/c1-77(2,3)60-37-29-50(30-38-60)57-45-58(51-31-39-61(40-32-51)78(4,5)6)47-59(46-57)76-69-25-13-11-23-67(69)75(68-24-12-14-26-70(68)76)54-33-41-62(42-34-54)79-73-43-35-55(65-27-15-19-52-17-7-9-21-63(52)65)48-71(73)72-49-56(36-44-74(72)79)66-28-16-20-53-18-8-10-22-64(53)66/h7-49H,1-6H3. The highest BCUT2D eigenvalue weighted by Crippen LogP contribution is 2.47. The van der Waals surface area contributed by atoms with Crippen LogP contribution in [-0.2, 0) is 10.8 Å². The molecule has 0 aliphatic heterocycles. The maximum absolute atomic E-state index is 2.46. The van der Waals surface area contributed by atoms with Crippen LogP contribution >= 0.6 is 0 Å². The summed E-state index contributed by atoms with van der Waals surface area (Å²) in [5, 5.41) is 12.4. The molecule has 0 spiro atoms. The van der Waals surface area contributed by atoms with Gasteiger partial charge in [-0.05, 0) is 186 Å². The SMILES string of the molecule is CC(C)(C)c1ccc(-c2cc(-c3ccc(C(C)(C)C)cc3)cc(-c3c4ccccc4c(-c4ccc(-n5c6ccc(-c7cccc8ccccc78)cc6c6cc(-c7cccc8ccccc78)ccc65)cc4)c4ccccc34)c2)cc1. The lowest BCUT2D eigenvalue weighted by Crippen LogP contribution is -2.10. The summed E-state index contributed by atoms with van der Waals surface area (Å²) >= 11 is 0. The van der Waals surface area contributed by atoms with Crippen molar-refractivity contribution in [1.29, 1.82) is 0 Å². The molecule has 0 fully saturated rings. The van der Waals surface area contributed by atoms with Crippen LogP contribution in [0.15, 0.2) is 261 Å². The number of benzene rings is 13. The summed E-state index contributed by atoms with van der Waals surface area (Å²) < 4.78 is 2.46. The third-order valence-corrected chi connectivity index (χ3v) is 16.7. The number of aromatic nitrogens is 1. The normalized spacial score (nSPS) is 12.2. The van der Waals surface area contributed by atoms with E-state index in [1.54, 1.807) is 0 Å². The fraction of sp³-hybridized carbons (Fsp3) is 0.103. The van der Waals surface area contributed by atoms with Gasteiger partial charge in [-0.15, -0.1) is 0 Å². The second-order valence-corrected chi connectivity index (χ2v) is 23.7. The van der Waals surface area contributed by atoms with Crippen LogP contribution in [0.25, 0.3) is 137 Å². The molecule has 0 bridgehead atoms. The largest absolute Gasteiger partial charge is 0.309 e. The van der Waals surface area contributed by atoms with Gasteiger partial charge in [0, 0.05) is 16.5 Å². The van der Waals surface area contributed by atoms with E-state index in [0.29, 0.717) is 0 Å². The summed E-state index contributed by atoms with van der Waals surface area (Å²) in [6.07, 6.45) is 0. The van der Waals surface area contributed by atoms with Crippen molar-refractivity contribution in [3.8, 4) is 72.4 Å². The summed E-state index contributed by atoms with van der Waals surface area (Å²) in [5.74, 6) is 0. The molecule has 378 valence electrons. The second kappa shape index (κ2) is 18.7. The van der Waals surface area contributed by atoms with Crippen LogP contribution in [0.3, 0.4) is 0 Å². The lowest BCUT2D eigenvalue weighted by atomic mass is 9.83. The third-order valence-electron chi connectivity index (χ3n) is 16.7. The average Bonchev–Trinajstić information content (AvgIpc) is 4.00. The molecule has 0 saturated heterocycles. The molecule has 1 nitrogen and oxygen atoms in total. The van der Waals surface area contributed by atoms with Gasteiger partial charge in [-0.3, -0.25) is 0 Å². The maximum atomic E-state index is 2.46. The Kier molecular flexibility index (Phi) is 11.4. The van der Waals surface area contributed by atoms with Gasteiger partial charge in [-0.25, -0.2) is 0 Å². The minimum atomic E-state index is 0.0679. The van der Waals surface area contributed by atoms with E-state index in [-0.39, 0.29) is 10.8 Å². The Balaban J connectivity index is 0.931. The van der Waals surface area contributed by atoms with Crippen molar-refractivity contribution in [2.24, 2.45) is 0 Å². The molecule has 1 aromatic heterocycles. The third kappa shape index (κ3) is 8.40. The van der Waals surface area contributed by atoms with E-state index in [1.165, 1.54) is 143 Å². The predicted octanol–water partition coefficient (Wildman–Crippen LogP) is 22.0. The van der Waals surface area contributed by atoms with E-state index in [0.717, 1.165) is 5.69 Å². The lowest BCUT2D eigenvalue weighted by molar-refractivity contribution is 0.590. The van der Waals surface area contributed by atoms with Gasteiger partial charge in [0.2, 0.25) is 0 Å². The molecular formula is C78H61N. The molecule has 13 aromatic carbocycles. The predicted molar refractivity (Wildman–Crippen MR) is 341 cm³/mol. The maximum Gasteiger partial charge on any atom is 0.0541 e. The molecule has 14 aromatic rings. The summed E-state index contributed by atoms with van der Waals surface area (Å²) in [6.45, 7) is 13.7. The molecule has 0 aliphatic rings. The summed E-state index contributed by atoms with van der Waals surface area (Å²) in [6, 6.07) is 98.0. The van der Waals surface area contributed by atoms with Gasteiger partial charge in [-0.2, -0.15) is 0 Å². The molecule has 0 unspecified atom stereocenters. The lowest BCUT2D eigenvalue weighted by Gasteiger charge is -2.21. The minimum Gasteiger partial charge on any atom is -0.309 e. The van der Waals surface area contributed by atoms with Crippen LogP contribution < -0.4 is 0 Å². The van der Waals surface area contributed by atoms with E-state index >= 15 is 0 Å². The Labute approximate surface area is 463 Å². The summed E-state index contributed by atoms with van der Waals surface area (Å²) in [5.41, 5.74) is 20.9. The van der Waals surface area contributed by atoms with Crippen LogP contribution in [0.2, 0.25) is 0 Å². The summed E-state index contributed by atoms with van der Waals surface area (Å²) in [7, 11) is 0. The first-order chi connectivity index (χ1) is 38.4. The van der Waals surface area contributed by atoms with Crippen LogP contribution in [0.4, 0.5) is 0 Å². The monoisotopic (exact) mass is 1010 g/mol. The van der Waals surface area contributed by atoms with Crippen LogP contribution in [-0.4, -0.2) is 4.57 Å². The molecule has 1 heterocycles. The zero-order chi connectivity index (χ0) is 53.6. The highest BCUT2D eigenvalue weighted by Gasteiger charge is 2.22. The molecule has 0 amide bonds. The van der Waals surface area contributed by atoms with E-state index < -0.39 is 0 Å². The second-order valence-electron chi connectivity index (χ2n) is 23.7. The van der Waals surface area contributed by atoms with Gasteiger partial charge >= 0.3 is 0 Å². The van der Waals surface area contributed by atoms with Crippen molar-refractivity contribution in [2.75, 3.05) is 0 Å². The van der Waals surface area contributed by atoms with Gasteiger partial charge in [0.05, 0.1) is 11.0 Å². The first kappa shape index (κ1) is 48.1. The number of hydrogen-bond acceptors (Lipinski definition) is 0. The van der Waals surface area contributed by atoms with Crippen molar-refractivity contribution in [3.63, 3.8) is 0 Å². The highest BCUT2D eigenvalue weighted by atomic mass is 15.0. The van der Waals surface area contributed by atoms with Crippen molar-refractivity contribution in [2.45, 2.75) is 52.4 Å². The first-order valence-electron chi connectivity index (χ1n) is 27.9. The molecule has 0 N–H and O–H groups in total. The Morgan fingerprint density at radius 1 is 0.241 bits per heavy atom. The van der Waals surface area contributed by atoms with Crippen molar-refractivity contribution < 1.29 is 0 Å². The smallest absolute Gasteiger partial charge is 0.0541 e. The first-order valence-corrected chi connectivity index (χ1v) is 27.9. The van der Waals surface area contributed by atoms with E-state index in [4.69, 9.17) is 0 Å². The quantitative estimate of drug-likeness (QED) is 0.140. The van der Waals surface area contributed by atoms with Gasteiger partial charge in [0.25, 0.3) is 0 Å². The fourth-order valence-electron chi connectivity index (χ4n) is 12.5. The molecule has 14 rings (SSSR count). The zero-order valence-corrected chi connectivity index (χ0v) is 45.8. The van der Waals surface area contributed by atoms with E-state index in [9.17, 15) is 0 Å². The van der Waals surface area contributed by atoms with Gasteiger partial charge in [0.15, 0.2) is 0 Å². The average molecular weight is 1010 g/mol. The number of hydrogen-bond donors (Lipinski definition) is 0. The van der Waals surface area contributed by atoms with Gasteiger partial charge < -0.3 is 4.57 Å². The Morgan fingerprint density at radius 3 is 1.00 bits per heavy atom. The van der Waals surface area contributed by atoms with Crippen molar-refractivity contribution in [1.82, 2.24) is 4.57 Å². The minimum absolute atomic E-state index is 0.0679. The highest BCUT2D eigenvalue weighted by molar-refractivity contribution is 6.22.